The van der Waals surface area contributed by atoms with E-state index in [2.05, 4.69) is 0 Å². The molecule has 0 unspecified atom stereocenters. The summed E-state index contributed by atoms with van der Waals surface area (Å²) in [5.41, 5.74) is 0.649. The fraction of sp³-hybridized carbons (Fsp3) is 0.533. The summed E-state index contributed by atoms with van der Waals surface area (Å²) in [7, 11) is 1.58. The van der Waals surface area contributed by atoms with Crippen molar-refractivity contribution >= 4 is 5.78 Å². The van der Waals surface area contributed by atoms with Crippen LogP contribution in [0.15, 0.2) is 24.3 Å². The third kappa shape index (κ3) is 2.22. The van der Waals surface area contributed by atoms with Crippen molar-refractivity contribution < 1.29 is 23.7 Å². The Hall–Kier alpha value is -1.43. The van der Waals surface area contributed by atoms with Crippen molar-refractivity contribution in [1.82, 2.24) is 0 Å². The van der Waals surface area contributed by atoms with Gasteiger partial charge in [0, 0.05) is 17.4 Å². The lowest BCUT2D eigenvalue weighted by molar-refractivity contribution is -0.439. The quantitative estimate of drug-likeness (QED) is 0.836. The number of carbonyl (C=O) groups is 1. The zero-order valence-electron chi connectivity index (χ0n) is 11.7. The average Bonchev–Trinajstić information content (AvgIpc) is 2.49. The van der Waals surface area contributed by atoms with Gasteiger partial charge in [0.1, 0.15) is 5.75 Å². The van der Waals surface area contributed by atoms with Gasteiger partial charge in [-0.05, 0) is 6.07 Å². The zero-order chi connectivity index (χ0) is 14.2. The summed E-state index contributed by atoms with van der Waals surface area (Å²) in [6, 6.07) is 7.40. The molecule has 0 atom stereocenters. The Bertz CT molecular complexity index is 500. The molecule has 3 heterocycles. The first-order valence-corrected chi connectivity index (χ1v) is 6.64. The Balaban J connectivity index is 1.77. The van der Waals surface area contributed by atoms with E-state index in [9.17, 15) is 4.79 Å². The molecule has 0 aliphatic carbocycles. The minimum atomic E-state index is -1.53. The van der Waals surface area contributed by atoms with E-state index in [-0.39, 0.29) is 17.6 Å². The summed E-state index contributed by atoms with van der Waals surface area (Å²) in [5.74, 6) is -1.09. The van der Waals surface area contributed by atoms with Crippen LogP contribution >= 0.6 is 0 Å². The molecule has 3 aliphatic heterocycles. The lowest BCUT2D eigenvalue weighted by Gasteiger charge is -2.49. The van der Waals surface area contributed by atoms with Gasteiger partial charge in [-0.2, -0.15) is 0 Å². The van der Waals surface area contributed by atoms with Gasteiger partial charge in [0.25, 0.3) is 0 Å². The summed E-state index contributed by atoms with van der Waals surface area (Å²) in [6.07, 6.45) is 0.153. The lowest BCUT2D eigenvalue weighted by atomic mass is 9.91. The van der Waals surface area contributed by atoms with Crippen LogP contribution in [-0.2, 0) is 25.4 Å². The molecule has 3 saturated heterocycles. The Morgan fingerprint density at radius 3 is 2.40 bits per heavy atom. The van der Waals surface area contributed by atoms with E-state index in [0.29, 0.717) is 25.6 Å². The highest BCUT2D eigenvalue weighted by Crippen LogP contribution is 2.39. The molecule has 1 aromatic rings. The Kier molecular flexibility index (Phi) is 3.28. The first-order chi connectivity index (χ1) is 9.57. The summed E-state index contributed by atoms with van der Waals surface area (Å²) in [4.78, 5) is 12.5. The first-order valence-electron chi connectivity index (χ1n) is 6.64. The Morgan fingerprint density at radius 2 is 1.80 bits per heavy atom. The van der Waals surface area contributed by atoms with Crippen molar-refractivity contribution in [1.29, 1.82) is 0 Å². The number of methoxy groups -OCH3 is 1. The van der Waals surface area contributed by atoms with Crippen LogP contribution in [0.4, 0.5) is 0 Å². The number of fused-ring (bicyclic) bond motifs is 3. The Morgan fingerprint density at radius 1 is 1.20 bits per heavy atom. The molecule has 0 saturated carbocycles. The van der Waals surface area contributed by atoms with Gasteiger partial charge in [-0.3, -0.25) is 4.79 Å². The number of ether oxygens (including phenoxy) is 4. The van der Waals surface area contributed by atoms with Gasteiger partial charge in [-0.25, -0.2) is 0 Å². The fourth-order valence-electron chi connectivity index (χ4n) is 2.43. The predicted molar refractivity (Wildman–Crippen MR) is 70.4 cm³/mol. The van der Waals surface area contributed by atoms with Crippen LogP contribution in [0.25, 0.3) is 0 Å². The van der Waals surface area contributed by atoms with E-state index >= 15 is 0 Å². The predicted octanol–water partition coefficient (Wildman–Crippen LogP) is 1.54. The molecule has 4 rings (SSSR count). The third-order valence-electron chi connectivity index (χ3n) is 3.72. The Labute approximate surface area is 117 Å². The number of ketones is 1. The van der Waals surface area contributed by atoms with E-state index in [0.717, 1.165) is 5.56 Å². The van der Waals surface area contributed by atoms with Crippen molar-refractivity contribution in [3.63, 3.8) is 0 Å². The number of hydrogen-bond donors (Lipinski definition) is 0. The van der Waals surface area contributed by atoms with Gasteiger partial charge >= 0.3 is 5.97 Å². The van der Waals surface area contributed by atoms with Crippen LogP contribution < -0.4 is 4.74 Å². The number of rotatable bonds is 4. The van der Waals surface area contributed by atoms with Gasteiger partial charge in [-0.1, -0.05) is 25.1 Å². The number of benzene rings is 1. The third-order valence-corrected chi connectivity index (χ3v) is 3.72. The molecule has 0 radical (unpaired) electrons. The van der Waals surface area contributed by atoms with Crippen LogP contribution in [-0.4, -0.2) is 38.7 Å². The second-order valence-corrected chi connectivity index (χ2v) is 5.64. The van der Waals surface area contributed by atoms with E-state index in [4.69, 9.17) is 18.9 Å². The van der Waals surface area contributed by atoms with Gasteiger partial charge in [0.05, 0.1) is 26.9 Å². The van der Waals surface area contributed by atoms with Crippen molar-refractivity contribution in [3.05, 3.63) is 29.8 Å². The number of para-hydroxylation sites is 1. The van der Waals surface area contributed by atoms with Crippen LogP contribution in [0.2, 0.25) is 0 Å². The van der Waals surface area contributed by atoms with Gasteiger partial charge in [-0.15, -0.1) is 0 Å². The monoisotopic (exact) mass is 278 g/mol. The summed E-state index contributed by atoms with van der Waals surface area (Å²) >= 11 is 0. The molecule has 20 heavy (non-hydrogen) atoms. The van der Waals surface area contributed by atoms with Crippen molar-refractivity contribution in [2.24, 2.45) is 5.41 Å². The number of carbonyl (C=O) groups excluding carboxylic acids is 1. The maximum absolute atomic E-state index is 12.5. The topological polar surface area (TPSA) is 54.0 Å². The second kappa shape index (κ2) is 4.84. The molecule has 0 spiro atoms. The maximum Gasteiger partial charge on any atom is 0.347 e. The average molecular weight is 278 g/mol. The van der Waals surface area contributed by atoms with Crippen molar-refractivity contribution in [3.8, 4) is 5.75 Å². The minimum absolute atomic E-state index is 0.146. The van der Waals surface area contributed by atoms with E-state index < -0.39 is 5.97 Å². The van der Waals surface area contributed by atoms with E-state index in [1.165, 1.54) is 0 Å². The molecule has 2 bridgehead atoms. The molecule has 0 N–H and O–H groups in total. The molecule has 108 valence electrons. The normalized spacial score (nSPS) is 32.1. The molecular weight excluding hydrogens is 260 g/mol. The van der Waals surface area contributed by atoms with Crippen molar-refractivity contribution in [2.75, 3.05) is 26.9 Å². The first kappa shape index (κ1) is 13.5. The molecule has 5 nitrogen and oxygen atoms in total. The fourth-order valence-corrected chi connectivity index (χ4v) is 2.43. The molecule has 5 heteroatoms. The summed E-state index contributed by atoms with van der Waals surface area (Å²) < 4.78 is 21.9. The van der Waals surface area contributed by atoms with Crippen LogP contribution in [0.5, 0.6) is 5.75 Å². The molecule has 3 aliphatic rings. The summed E-state index contributed by atoms with van der Waals surface area (Å²) in [5, 5.41) is 0. The van der Waals surface area contributed by atoms with Crippen LogP contribution in [0, 0.1) is 5.41 Å². The van der Waals surface area contributed by atoms with Gasteiger partial charge < -0.3 is 18.9 Å². The largest absolute Gasteiger partial charge is 0.496 e. The number of Topliss-reactive ketones (excluding diaryl/α,β-unsaturated/α-hetero) is 1. The SMILES string of the molecule is COc1ccccc1CC(=O)C12OCC(C)(CO1)CO2. The van der Waals surface area contributed by atoms with E-state index in [1.54, 1.807) is 7.11 Å². The molecule has 3 fully saturated rings. The number of hydrogen-bond acceptors (Lipinski definition) is 5. The van der Waals surface area contributed by atoms with Crippen LogP contribution in [0.3, 0.4) is 0 Å². The second-order valence-electron chi connectivity index (χ2n) is 5.64. The van der Waals surface area contributed by atoms with E-state index in [1.807, 2.05) is 31.2 Å². The standard InChI is InChI=1S/C15H18O5/c1-14-8-18-15(19-9-14,20-10-14)13(16)7-11-5-3-4-6-12(11)17-2/h3-6H,7-10H2,1-2H3. The molecule has 1 aromatic carbocycles. The molecule has 0 aromatic heterocycles. The zero-order valence-corrected chi connectivity index (χ0v) is 11.7. The lowest BCUT2D eigenvalue weighted by Crippen LogP contribution is -2.62. The summed E-state index contributed by atoms with van der Waals surface area (Å²) in [6.45, 7) is 3.45. The van der Waals surface area contributed by atoms with Crippen LogP contribution in [0.1, 0.15) is 12.5 Å². The highest BCUT2D eigenvalue weighted by molar-refractivity contribution is 5.87. The van der Waals surface area contributed by atoms with Crippen molar-refractivity contribution in [2.45, 2.75) is 19.3 Å². The highest BCUT2D eigenvalue weighted by atomic mass is 16.9. The molecule has 0 amide bonds. The molecular formula is C15H18O5. The minimum Gasteiger partial charge on any atom is -0.496 e. The van der Waals surface area contributed by atoms with Gasteiger partial charge in [0.15, 0.2) is 0 Å². The van der Waals surface area contributed by atoms with Gasteiger partial charge in [0.2, 0.25) is 5.78 Å². The maximum atomic E-state index is 12.5. The smallest absolute Gasteiger partial charge is 0.347 e. The highest BCUT2D eigenvalue weighted by Gasteiger charge is 2.54.